The van der Waals surface area contributed by atoms with Crippen LogP contribution < -0.4 is 0 Å². The molecule has 0 saturated carbocycles. The maximum atomic E-state index is 10.5. The summed E-state index contributed by atoms with van der Waals surface area (Å²) < 4.78 is 4.85. The van der Waals surface area contributed by atoms with Crippen LogP contribution in [0, 0.1) is 0 Å². The average molecular weight is 174 g/mol. The summed E-state index contributed by atoms with van der Waals surface area (Å²) in [7, 11) is 0. The molecule has 0 fully saturated rings. The predicted octanol–water partition coefficient (Wildman–Crippen LogP) is 1.19. The quantitative estimate of drug-likeness (QED) is 0.636. The number of carboxylic acid groups (broad SMARTS) is 1. The summed E-state index contributed by atoms with van der Waals surface area (Å²) in [5.41, 5.74) is 0. The predicted molar refractivity (Wildman–Crippen MR) is 42.7 cm³/mol. The van der Waals surface area contributed by atoms with Gasteiger partial charge in [-0.1, -0.05) is 6.92 Å². The third kappa shape index (κ3) is 5.70. The van der Waals surface area contributed by atoms with Crippen molar-refractivity contribution in [2.75, 3.05) is 0 Å². The Bertz CT molecular complexity index is 164. The van der Waals surface area contributed by atoms with Gasteiger partial charge in [-0.25, -0.2) is 0 Å². The number of carbonyl (C=O) groups is 2. The van der Waals surface area contributed by atoms with Gasteiger partial charge >= 0.3 is 11.9 Å². The third-order valence-electron chi connectivity index (χ3n) is 1.47. The first kappa shape index (κ1) is 10.9. The molecule has 1 N–H and O–H groups in total. The molecule has 0 aromatic heterocycles. The molecule has 12 heavy (non-hydrogen) atoms. The molecule has 0 aliphatic heterocycles. The van der Waals surface area contributed by atoms with Crippen molar-refractivity contribution in [3.63, 3.8) is 0 Å². The fourth-order valence-electron chi connectivity index (χ4n) is 0.866. The SMILES string of the molecule is CCC(CCC(=O)O)OC(C)=O. The Morgan fingerprint density at radius 1 is 1.50 bits per heavy atom. The van der Waals surface area contributed by atoms with Gasteiger partial charge in [-0.15, -0.1) is 0 Å². The second-order valence-corrected chi connectivity index (χ2v) is 2.57. The van der Waals surface area contributed by atoms with Crippen LogP contribution in [-0.2, 0) is 14.3 Å². The highest BCUT2D eigenvalue weighted by molar-refractivity contribution is 5.67. The lowest BCUT2D eigenvalue weighted by Crippen LogP contribution is -2.16. The molecule has 1 unspecified atom stereocenters. The number of esters is 1. The van der Waals surface area contributed by atoms with Crippen molar-refractivity contribution in [3.05, 3.63) is 0 Å². The molecule has 4 nitrogen and oxygen atoms in total. The fraction of sp³-hybridized carbons (Fsp3) is 0.750. The number of aliphatic carboxylic acids is 1. The molecule has 0 bridgehead atoms. The summed E-state index contributed by atoms with van der Waals surface area (Å²) in [6.07, 6.45) is 0.850. The van der Waals surface area contributed by atoms with Gasteiger partial charge in [0.1, 0.15) is 6.10 Å². The van der Waals surface area contributed by atoms with Crippen LogP contribution in [0.15, 0.2) is 0 Å². The van der Waals surface area contributed by atoms with Crippen LogP contribution >= 0.6 is 0 Å². The minimum atomic E-state index is -0.861. The summed E-state index contributed by atoms with van der Waals surface area (Å²) in [4.78, 5) is 20.7. The number of hydrogen-bond acceptors (Lipinski definition) is 3. The molecule has 0 aromatic carbocycles. The van der Waals surface area contributed by atoms with Crippen molar-refractivity contribution in [2.24, 2.45) is 0 Å². The van der Waals surface area contributed by atoms with E-state index in [2.05, 4.69) is 0 Å². The molecule has 0 radical (unpaired) electrons. The van der Waals surface area contributed by atoms with Crippen molar-refractivity contribution in [1.82, 2.24) is 0 Å². The minimum absolute atomic E-state index is 0.0474. The van der Waals surface area contributed by atoms with Gasteiger partial charge in [-0.2, -0.15) is 0 Å². The van der Waals surface area contributed by atoms with Crippen LogP contribution in [0.1, 0.15) is 33.1 Å². The van der Waals surface area contributed by atoms with Crippen LogP contribution in [0.2, 0.25) is 0 Å². The standard InChI is InChI=1S/C8H14O4/c1-3-7(12-6(2)9)4-5-8(10)11/h7H,3-5H2,1-2H3,(H,10,11). The molecule has 1 atom stereocenters. The first-order valence-corrected chi connectivity index (χ1v) is 3.95. The van der Waals surface area contributed by atoms with E-state index in [9.17, 15) is 9.59 Å². The van der Waals surface area contributed by atoms with E-state index in [1.54, 1.807) is 0 Å². The van der Waals surface area contributed by atoms with Gasteiger partial charge in [0.05, 0.1) is 0 Å². The van der Waals surface area contributed by atoms with Crippen molar-refractivity contribution >= 4 is 11.9 Å². The van der Waals surface area contributed by atoms with Gasteiger partial charge in [-0.05, 0) is 12.8 Å². The van der Waals surface area contributed by atoms with E-state index < -0.39 is 5.97 Å². The zero-order valence-corrected chi connectivity index (χ0v) is 7.37. The maximum Gasteiger partial charge on any atom is 0.303 e. The summed E-state index contributed by atoms with van der Waals surface area (Å²) in [5.74, 6) is -1.21. The van der Waals surface area contributed by atoms with Crippen molar-refractivity contribution < 1.29 is 19.4 Å². The van der Waals surface area contributed by atoms with Crippen molar-refractivity contribution in [3.8, 4) is 0 Å². The molecule has 0 rings (SSSR count). The highest BCUT2D eigenvalue weighted by Gasteiger charge is 2.10. The lowest BCUT2D eigenvalue weighted by Gasteiger charge is -2.12. The molecule has 0 amide bonds. The number of ether oxygens (including phenoxy) is 1. The summed E-state index contributed by atoms with van der Waals surface area (Å²) in [6, 6.07) is 0. The number of hydrogen-bond donors (Lipinski definition) is 1. The van der Waals surface area contributed by atoms with Crippen LogP contribution in [0.3, 0.4) is 0 Å². The van der Waals surface area contributed by atoms with Crippen LogP contribution in [0.25, 0.3) is 0 Å². The maximum absolute atomic E-state index is 10.5. The Morgan fingerprint density at radius 3 is 2.42 bits per heavy atom. The van der Waals surface area contributed by atoms with Gasteiger partial charge in [0.15, 0.2) is 0 Å². The molecular formula is C8H14O4. The van der Waals surface area contributed by atoms with Gasteiger partial charge < -0.3 is 9.84 Å². The number of rotatable bonds is 5. The lowest BCUT2D eigenvalue weighted by molar-refractivity contribution is -0.148. The van der Waals surface area contributed by atoms with Gasteiger partial charge in [-0.3, -0.25) is 9.59 Å². The largest absolute Gasteiger partial charge is 0.481 e. The fourth-order valence-corrected chi connectivity index (χ4v) is 0.866. The molecule has 0 aliphatic carbocycles. The van der Waals surface area contributed by atoms with E-state index in [1.165, 1.54) is 6.92 Å². The monoisotopic (exact) mass is 174 g/mol. The molecule has 0 aliphatic rings. The molecule has 0 saturated heterocycles. The highest BCUT2D eigenvalue weighted by Crippen LogP contribution is 2.06. The van der Waals surface area contributed by atoms with Gasteiger partial charge in [0.25, 0.3) is 0 Å². The molecular weight excluding hydrogens is 160 g/mol. The van der Waals surface area contributed by atoms with Crippen molar-refractivity contribution in [1.29, 1.82) is 0 Å². The first-order valence-electron chi connectivity index (χ1n) is 3.95. The third-order valence-corrected chi connectivity index (χ3v) is 1.47. The molecule has 70 valence electrons. The first-order chi connectivity index (χ1) is 5.56. The van der Waals surface area contributed by atoms with Gasteiger partial charge in [0, 0.05) is 13.3 Å². The summed E-state index contributed by atoms with van der Waals surface area (Å²) in [6.45, 7) is 3.18. The van der Waals surface area contributed by atoms with E-state index in [0.717, 1.165) is 0 Å². The smallest absolute Gasteiger partial charge is 0.303 e. The van der Waals surface area contributed by atoms with E-state index in [4.69, 9.17) is 9.84 Å². The minimum Gasteiger partial charge on any atom is -0.481 e. The van der Waals surface area contributed by atoms with E-state index in [-0.39, 0.29) is 18.5 Å². The Morgan fingerprint density at radius 2 is 2.08 bits per heavy atom. The van der Waals surface area contributed by atoms with E-state index in [1.807, 2.05) is 6.92 Å². The Hall–Kier alpha value is -1.06. The van der Waals surface area contributed by atoms with E-state index in [0.29, 0.717) is 12.8 Å². The average Bonchev–Trinajstić information content (AvgIpc) is 1.97. The second-order valence-electron chi connectivity index (χ2n) is 2.57. The Balaban J connectivity index is 3.67. The number of carbonyl (C=O) groups excluding carboxylic acids is 1. The molecule has 0 aromatic rings. The van der Waals surface area contributed by atoms with Crippen molar-refractivity contribution in [2.45, 2.75) is 39.2 Å². The topological polar surface area (TPSA) is 63.6 Å². The van der Waals surface area contributed by atoms with Gasteiger partial charge in [0.2, 0.25) is 0 Å². The zero-order valence-electron chi connectivity index (χ0n) is 7.37. The Labute approximate surface area is 71.5 Å². The summed E-state index contributed by atoms with van der Waals surface area (Å²) in [5, 5.41) is 8.35. The second kappa shape index (κ2) is 5.57. The molecule has 0 heterocycles. The van der Waals surface area contributed by atoms with Crippen LogP contribution in [0.5, 0.6) is 0 Å². The van der Waals surface area contributed by atoms with E-state index >= 15 is 0 Å². The van der Waals surface area contributed by atoms with Crippen LogP contribution in [0.4, 0.5) is 0 Å². The number of carboxylic acids is 1. The normalized spacial score (nSPS) is 12.2. The molecule has 0 spiro atoms. The molecule has 4 heteroatoms. The summed E-state index contributed by atoms with van der Waals surface area (Å²) >= 11 is 0. The Kier molecular flexibility index (Phi) is 5.08. The zero-order chi connectivity index (χ0) is 9.56. The highest BCUT2D eigenvalue weighted by atomic mass is 16.5. The van der Waals surface area contributed by atoms with Crippen LogP contribution in [-0.4, -0.2) is 23.1 Å². The lowest BCUT2D eigenvalue weighted by atomic mass is 10.1.